The van der Waals surface area contributed by atoms with Gasteiger partial charge in [-0.25, -0.2) is 19.3 Å². The normalized spacial score (nSPS) is 15.8. The Labute approximate surface area is 190 Å². The van der Waals surface area contributed by atoms with Crippen molar-refractivity contribution in [2.75, 3.05) is 6.54 Å². The first-order valence-electron chi connectivity index (χ1n) is 10.3. The third-order valence-electron chi connectivity index (χ3n) is 5.75. The molecule has 11 heteroatoms. The van der Waals surface area contributed by atoms with Gasteiger partial charge < -0.3 is 14.3 Å². The molecule has 6 rings (SSSR count). The minimum absolute atomic E-state index is 0.158. The van der Waals surface area contributed by atoms with Gasteiger partial charge >= 0.3 is 0 Å². The number of oxazole rings is 1. The standard InChI is InChI=1S/C22H18FN7O2S/c1-11-19(32-20(27-11)12-8-26-29(2)9-12)22(31)30-7-6-14-17(25-10-24-14)18(30)21-28-16-13(23)4-3-5-15(16)33-21/h3-5,8-10,18H,6-7H2,1-2H3,(H,24,25)/t18-/m0/s1. The monoisotopic (exact) mass is 463 g/mol. The van der Waals surface area contributed by atoms with Gasteiger partial charge in [-0.15, -0.1) is 11.3 Å². The Kier molecular flexibility index (Phi) is 4.40. The molecule has 0 aliphatic carbocycles. The average Bonchev–Trinajstić information content (AvgIpc) is 3.58. The number of aromatic amines is 1. The van der Waals surface area contributed by atoms with Crippen molar-refractivity contribution in [3.63, 3.8) is 0 Å². The summed E-state index contributed by atoms with van der Waals surface area (Å²) < 4.78 is 22.6. The number of aromatic nitrogens is 6. The molecule has 5 aromatic rings. The van der Waals surface area contributed by atoms with Gasteiger partial charge in [-0.2, -0.15) is 5.10 Å². The second-order valence-electron chi connectivity index (χ2n) is 7.89. The summed E-state index contributed by atoms with van der Waals surface area (Å²) >= 11 is 1.35. The zero-order valence-electron chi connectivity index (χ0n) is 17.7. The maximum Gasteiger partial charge on any atom is 0.292 e. The largest absolute Gasteiger partial charge is 0.431 e. The molecule has 1 aliphatic rings. The van der Waals surface area contributed by atoms with E-state index in [1.807, 2.05) is 6.07 Å². The van der Waals surface area contributed by atoms with Gasteiger partial charge in [-0.05, 0) is 19.1 Å². The van der Waals surface area contributed by atoms with Gasteiger partial charge in [0.15, 0.2) is 0 Å². The lowest BCUT2D eigenvalue weighted by atomic mass is 10.0. The Morgan fingerprint density at radius 3 is 3.00 bits per heavy atom. The second-order valence-corrected chi connectivity index (χ2v) is 8.95. The number of nitrogens with one attached hydrogen (secondary N) is 1. The van der Waals surface area contributed by atoms with Crippen molar-refractivity contribution >= 4 is 27.5 Å². The first-order valence-corrected chi connectivity index (χ1v) is 11.2. The van der Waals surface area contributed by atoms with E-state index in [0.717, 1.165) is 10.4 Å². The molecule has 9 nitrogen and oxygen atoms in total. The van der Waals surface area contributed by atoms with Crippen LogP contribution >= 0.6 is 11.3 Å². The van der Waals surface area contributed by atoms with Crippen molar-refractivity contribution in [3.8, 4) is 11.5 Å². The van der Waals surface area contributed by atoms with Gasteiger partial charge in [0.2, 0.25) is 11.7 Å². The van der Waals surface area contributed by atoms with Gasteiger partial charge in [0.1, 0.15) is 22.4 Å². The van der Waals surface area contributed by atoms with Crippen LogP contribution in [-0.4, -0.2) is 47.1 Å². The van der Waals surface area contributed by atoms with Crippen LogP contribution in [0.1, 0.15) is 38.7 Å². The first kappa shape index (κ1) is 19.8. The highest BCUT2D eigenvalue weighted by Gasteiger charge is 2.38. The van der Waals surface area contributed by atoms with E-state index in [9.17, 15) is 9.18 Å². The molecule has 5 heterocycles. The van der Waals surface area contributed by atoms with Gasteiger partial charge in [0.05, 0.1) is 34.2 Å². The number of amides is 1. The van der Waals surface area contributed by atoms with Crippen molar-refractivity contribution in [1.29, 1.82) is 0 Å². The number of para-hydroxylation sites is 1. The van der Waals surface area contributed by atoms with Gasteiger partial charge in [0.25, 0.3) is 5.91 Å². The van der Waals surface area contributed by atoms with E-state index in [0.29, 0.717) is 46.3 Å². The molecule has 0 saturated heterocycles. The molecule has 1 N–H and O–H groups in total. The number of hydrogen-bond acceptors (Lipinski definition) is 7. The third kappa shape index (κ3) is 3.15. The lowest BCUT2D eigenvalue weighted by molar-refractivity contribution is 0.0657. The Balaban J connectivity index is 1.43. The van der Waals surface area contributed by atoms with Gasteiger partial charge in [-0.1, -0.05) is 6.07 Å². The molecule has 1 atom stereocenters. The maximum atomic E-state index is 14.4. The zero-order chi connectivity index (χ0) is 22.7. The summed E-state index contributed by atoms with van der Waals surface area (Å²) in [6.07, 6.45) is 5.63. The quantitative estimate of drug-likeness (QED) is 0.438. The predicted molar refractivity (Wildman–Crippen MR) is 118 cm³/mol. The van der Waals surface area contributed by atoms with E-state index >= 15 is 0 Å². The van der Waals surface area contributed by atoms with Gasteiger partial charge in [0, 0.05) is 31.9 Å². The number of imidazole rings is 1. The van der Waals surface area contributed by atoms with Crippen LogP contribution in [0.4, 0.5) is 4.39 Å². The molecule has 0 radical (unpaired) electrons. The smallest absolute Gasteiger partial charge is 0.292 e. The number of H-pyrrole nitrogens is 1. The zero-order valence-corrected chi connectivity index (χ0v) is 18.6. The fourth-order valence-corrected chi connectivity index (χ4v) is 5.27. The second kappa shape index (κ2) is 7.34. The number of aryl methyl sites for hydroxylation is 2. The highest BCUT2D eigenvalue weighted by molar-refractivity contribution is 7.18. The molecule has 0 bridgehead atoms. The van der Waals surface area contributed by atoms with Crippen LogP contribution < -0.4 is 0 Å². The van der Waals surface area contributed by atoms with Crippen LogP contribution in [0.15, 0.2) is 41.3 Å². The predicted octanol–water partition coefficient (Wildman–Crippen LogP) is 3.64. The lowest BCUT2D eigenvalue weighted by Crippen LogP contribution is -2.40. The molecule has 1 aliphatic heterocycles. The molecule has 33 heavy (non-hydrogen) atoms. The third-order valence-corrected chi connectivity index (χ3v) is 6.82. The number of hydrogen-bond donors (Lipinski definition) is 1. The van der Waals surface area contributed by atoms with Crippen molar-refractivity contribution in [2.45, 2.75) is 19.4 Å². The number of carbonyl (C=O) groups excluding carboxylic acids is 1. The van der Waals surface area contributed by atoms with E-state index < -0.39 is 11.9 Å². The Morgan fingerprint density at radius 1 is 1.33 bits per heavy atom. The summed E-state index contributed by atoms with van der Waals surface area (Å²) in [6, 6.07) is 4.30. The van der Waals surface area contributed by atoms with Crippen LogP contribution in [0.25, 0.3) is 21.7 Å². The van der Waals surface area contributed by atoms with E-state index in [2.05, 4.69) is 25.0 Å². The highest BCUT2D eigenvalue weighted by atomic mass is 32.1. The molecular weight excluding hydrogens is 445 g/mol. The summed E-state index contributed by atoms with van der Waals surface area (Å²) in [5, 5.41) is 4.74. The average molecular weight is 463 g/mol. The van der Waals surface area contributed by atoms with E-state index in [4.69, 9.17) is 4.42 Å². The Hall–Kier alpha value is -3.86. The lowest BCUT2D eigenvalue weighted by Gasteiger charge is -2.33. The number of fused-ring (bicyclic) bond motifs is 2. The molecule has 4 aromatic heterocycles. The molecule has 166 valence electrons. The van der Waals surface area contributed by atoms with Crippen LogP contribution in [0.5, 0.6) is 0 Å². The number of thiazole rings is 1. The highest BCUT2D eigenvalue weighted by Crippen LogP contribution is 2.39. The van der Waals surface area contributed by atoms with Crippen molar-refractivity contribution in [1.82, 2.24) is 34.6 Å². The molecule has 0 fully saturated rings. The summed E-state index contributed by atoms with van der Waals surface area (Å²) in [7, 11) is 1.80. The molecular formula is C22H18FN7O2S. The number of nitrogens with zero attached hydrogens (tertiary/aromatic N) is 6. The molecule has 1 aromatic carbocycles. The Morgan fingerprint density at radius 2 is 2.21 bits per heavy atom. The minimum atomic E-state index is -0.560. The molecule has 1 amide bonds. The molecule has 0 saturated carbocycles. The first-order chi connectivity index (χ1) is 16.0. The van der Waals surface area contributed by atoms with E-state index in [1.165, 1.54) is 17.4 Å². The van der Waals surface area contributed by atoms with Crippen LogP contribution in [-0.2, 0) is 13.5 Å². The minimum Gasteiger partial charge on any atom is -0.431 e. The molecule has 0 spiro atoms. The number of benzene rings is 1. The Bertz CT molecular complexity index is 1510. The summed E-state index contributed by atoms with van der Waals surface area (Å²) in [4.78, 5) is 32.0. The topological polar surface area (TPSA) is 106 Å². The summed E-state index contributed by atoms with van der Waals surface area (Å²) in [5.74, 6) is -0.211. The summed E-state index contributed by atoms with van der Waals surface area (Å²) in [6.45, 7) is 2.17. The fourth-order valence-electron chi connectivity index (χ4n) is 4.17. The van der Waals surface area contributed by atoms with Crippen molar-refractivity contribution in [2.24, 2.45) is 7.05 Å². The maximum absolute atomic E-state index is 14.4. The fraction of sp³-hybridized carbons (Fsp3) is 0.227. The van der Waals surface area contributed by atoms with E-state index in [1.54, 1.807) is 48.3 Å². The van der Waals surface area contributed by atoms with E-state index in [-0.39, 0.29) is 11.7 Å². The number of carbonyl (C=O) groups is 1. The van der Waals surface area contributed by atoms with Gasteiger partial charge in [-0.3, -0.25) is 9.48 Å². The number of rotatable bonds is 3. The molecule has 0 unspecified atom stereocenters. The van der Waals surface area contributed by atoms with Crippen LogP contribution in [0.2, 0.25) is 0 Å². The number of halogens is 1. The van der Waals surface area contributed by atoms with Crippen LogP contribution in [0, 0.1) is 12.7 Å². The van der Waals surface area contributed by atoms with Crippen molar-refractivity contribution < 1.29 is 13.6 Å². The van der Waals surface area contributed by atoms with Crippen LogP contribution in [0.3, 0.4) is 0 Å². The SMILES string of the molecule is Cc1nc(-c2cnn(C)c2)oc1C(=O)N1CCc2[nH]cnc2[C@H]1c1nc2c(F)cccc2s1. The summed E-state index contributed by atoms with van der Waals surface area (Å²) in [5.41, 5.74) is 3.11. The van der Waals surface area contributed by atoms with Crippen molar-refractivity contribution in [3.05, 3.63) is 70.6 Å².